The number of rotatable bonds is 4. The molecule has 0 spiro atoms. The van der Waals surface area contributed by atoms with Gasteiger partial charge < -0.3 is 4.74 Å². The molecule has 0 amide bonds. The molecule has 0 atom stereocenters. The summed E-state index contributed by atoms with van der Waals surface area (Å²) in [5, 5.41) is 1.61. The van der Waals surface area contributed by atoms with Crippen molar-refractivity contribution in [1.82, 2.24) is 4.98 Å². The molecule has 0 saturated carbocycles. The Balaban J connectivity index is 2.48. The van der Waals surface area contributed by atoms with Gasteiger partial charge >= 0.3 is 5.97 Å². The van der Waals surface area contributed by atoms with Gasteiger partial charge in [-0.2, -0.15) is 0 Å². The van der Waals surface area contributed by atoms with Crippen LogP contribution in [0.3, 0.4) is 0 Å². The predicted octanol–water partition coefficient (Wildman–Crippen LogP) is 2.35. The fourth-order valence-electron chi connectivity index (χ4n) is 1.79. The highest BCUT2D eigenvalue weighted by Gasteiger charge is 2.28. The number of esters is 1. The number of aromatic nitrogens is 1. The summed E-state index contributed by atoms with van der Waals surface area (Å²) in [5.41, 5.74) is 1.42. The molecule has 0 radical (unpaired) electrons. The molecule has 0 fully saturated rings. The van der Waals surface area contributed by atoms with Gasteiger partial charge in [0.05, 0.1) is 18.5 Å². The average molecular weight is 326 g/mol. The molecule has 2 heterocycles. The molecule has 2 aromatic heterocycles. The molecule has 2 aromatic rings. The van der Waals surface area contributed by atoms with E-state index in [-0.39, 0.29) is 9.77 Å². The van der Waals surface area contributed by atoms with Crippen LogP contribution in [0.25, 0.3) is 0 Å². The van der Waals surface area contributed by atoms with E-state index in [1.807, 2.05) is 0 Å². The van der Waals surface area contributed by atoms with Crippen molar-refractivity contribution in [2.45, 2.75) is 18.7 Å². The number of hydrogen-bond donors (Lipinski definition) is 1. The third kappa shape index (κ3) is 3.06. The van der Waals surface area contributed by atoms with E-state index in [0.717, 1.165) is 11.3 Å². The smallest absolute Gasteiger partial charge is 0.349 e. The van der Waals surface area contributed by atoms with Crippen molar-refractivity contribution in [1.29, 1.82) is 0 Å². The SMILES string of the molecule is COC(=O)c1scc(C)c1S(=O)(=O)Nc1cccnc1C. The van der Waals surface area contributed by atoms with Crippen LogP contribution in [0.5, 0.6) is 0 Å². The lowest BCUT2D eigenvalue weighted by molar-refractivity contribution is 0.0602. The van der Waals surface area contributed by atoms with Crippen LogP contribution >= 0.6 is 11.3 Å². The van der Waals surface area contributed by atoms with E-state index >= 15 is 0 Å². The van der Waals surface area contributed by atoms with Gasteiger partial charge in [-0.3, -0.25) is 9.71 Å². The van der Waals surface area contributed by atoms with E-state index in [0.29, 0.717) is 16.9 Å². The zero-order chi connectivity index (χ0) is 15.6. The lowest BCUT2D eigenvalue weighted by Crippen LogP contribution is -2.17. The molecule has 2 rings (SSSR count). The largest absolute Gasteiger partial charge is 0.465 e. The Morgan fingerprint density at radius 1 is 1.38 bits per heavy atom. The molecular formula is C13H14N2O4S2. The van der Waals surface area contributed by atoms with Crippen molar-refractivity contribution in [2.75, 3.05) is 11.8 Å². The molecule has 8 heteroatoms. The summed E-state index contributed by atoms with van der Waals surface area (Å²) in [5.74, 6) is -0.670. The molecule has 21 heavy (non-hydrogen) atoms. The van der Waals surface area contributed by atoms with E-state index in [1.165, 1.54) is 7.11 Å². The fourth-order valence-corrected chi connectivity index (χ4v) is 4.61. The van der Waals surface area contributed by atoms with E-state index < -0.39 is 16.0 Å². The maximum Gasteiger partial charge on any atom is 0.349 e. The quantitative estimate of drug-likeness (QED) is 0.872. The molecule has 0 unspecified atom stereocenters. The van der Waals surface area contributed by atoms with Crippen LogP contribution < -0.4 is 4.72 Å². The Morgan fingerprint density at radius 3 is 2.71 bits per heavy atom. The summed E-state index contributed by atoms with van der Waals surface area (Å²) in [6.45, 7) is 3.33. The molecule has 0 aliphatic carbocycles. The van der Waals surface area contributed by atoms with Gasteiger partial charge in [0.2, 0.25) is 0 Å². The van der Waals surface area contributed by atoms with Crippen LogP contribution in [0.4, 0.5) is 5.69 Å². The van der Waals surface area contributed by atoms with Gasteiger partial charge in [-0.1, -0.05) is 0 Å². The monoisotopic (exact) mass is 326 g/mol. The standard InChI is InChI=1S/C13H14N2O4S2/c1-8-7-20-11(13(16)19-3)12(8)21(17,18)15-10-5-4-6-14-9(10)2/h4-7,15H,1-3H3. The Bertz CT molecular complexity index is 781. The molecule has 112 valence electrons. The number of sulfonamides is 1. The minimum absolute atomic E-state index is 0.0531. The minimum atomic E-state index is -3.89. The Kier molecular flexibility index (Phi) is 4.29. The zero-order valence-corrected chi connectivity index (χ0v) is 13.3. The van der Waals surface area contributed by atoms with E-state index in [2.05, 4.69) is 14.4 Å². The van der Waals surface area contributed by atoms with Crippen LogP contribution in [-0.2, 0) is 14.8 Å². The van der Waals surface area contributed by atoms with Crippen molar-refractivity contribution < 1.29 is 17.9 Å². The number of aryl methyl sites for hydroxylation is 2. The van der Waals surface area contributed by atoms with Crippen LogP contribution in [0.1, 0.15) is 20.9 Å². The summed E-state index contributed by atoms with van der Waals surface area (Å²) >= 11 is 1.04. The first-order valence-corrected chi connectivity index (χ1v) is 8.34. The van der Waals surface area contributed by atoms with Gasteiger partial charge in [0, 0.05) is 6.20 Å². The van der Waals surface area contributed by atoms with Gasteiger partial charge in [-0.25, -0.2) is 13.2 Å². The molecule has 0 aliphatic heterocycles. The van der Waals surface area contributed by atoms with Gasteiger partial charge in [-0.15, -0.1) is 11.3 Å². The number of carbonyl (C=O) groups is 1. The first-order valence-electron chi connectivity index (χ1n) is 5.97. The van der Waals surface area contributed by atoms with Gasteiger partial charge in [0.25, 0.3) is 10.0 Å². The summed E-state index contributed by atoms with van der Waals surface area (Å²) in [6.07, 6.45) is 1.57. The third-order valence-electron chi connectivity index (χ3n) is 2.81. The molecule has 6 nitrogen and oxygen atoms in total. The molecule has 0 saturated heterocycles. The molecule has 0 aromatic carbocycles. The number of nitrogens with one attached hydrogen (secondary N) is 1. The molecule has 1 N–H and O–H groups in total. The van der Waals surface area contributed by atoms with Crippen LogP contribution in [0.2, 0.25) is 0 Å². The Labute approximate surface area is 126 Å². The second kappa shape index (κ2) is 5.82. The van der Waals surface area contributed by atoms with Crippen LogP contribution in [0.15, 0.2) is 28.6 Å². The highest BCUT2D eigenvalue weighted by molar-refractivity contribution is 7.93. The van der Waals surface area contributed by atoms with E-state index in [4.69, 9.17) is 0 Å². The average Bonchev–Trinajstić information content (AvgIpc) is 2.83. The first-order chi connectivity index (χ1) is 9.86. The fraction of sp³-hybridized carbons (Fsp3) is 0.231. The second-order valence-corrected chi connectivity index (χ2v) is 6.81. The highest BCUT2D eigenvalue weighted by atomic mass is 32.2. The normalized spacial score (nSPS) is 11.2. The van der Waals surface area contributed by atoms with Crippen LogP contribution in [-0.4, -0.2) is 26.5 Å². The van der Waals surface area contributed by atoms with Crippen molar-refractivity contribution >= 4 is 33.0 Å². The third-order valence-corrected chi connectivity index (χ3v) is 5.57. The number of carbonyl (C=O) groups excluding carboxylic acids is 1. The molecule has 0 aliphatic rings. The minimum Gasteiger partial charge on any atom is -0.465 e. The summed E-state index contributed by atoms with van der Waals surface area (Å²) < 4.78 is 32.2. The van der Waals surface area contributed by atoms with Gasteiger partial charge in [0.15, 0.2) is 0 Å². The predicted molar refractivity (Wildman–Crippen MR) is 80.2 cm³/mol. The van der Waals surface area contributed by atoms with Crippen molar-refractivity contribution in [3.63, 3.8) is 0 Å². The maximum atomic E-state index is 12.5. The summed E-state index contributed by atoms with van der Waals surface area (Å²) in [7, 11) is -2.67. The number of nitrogens with zero attached hydrogens (tertiary/aromatic N) is 1. The number of ether oxygens (including phenoxy) is 1. The lowest BCUT2D eigenvalue weighted by atomic mass is 10.3. The number of pyridine rings is 1. The van der Waals surface area contributed by atoms with Gasteiger partial charge in [0.1, 0.15) is 9.77 Å². The topological polar surface area (TPSA) is 85.4 Å². The van der Waals surface area contributed by atoms with Crippen molar-refractivity contribution in [3.05, 3.63) is 39.8 Å². The summed E-state index contributed by atoms with van der Waals surface area (Å²) in [4.78, 5) is 15.7. The molecular weight excluding hydrogens is 312 g/mol. The number of hydrogen-bond acceptors (Lipinski definition) is 6. The van der Waals surface area contributed by atoms with Crippen molar-refractivity contribution in [2.24, 2.45) is 0 Å². The highest BCUT2D eigenvalue weighted by Crippen LogP contribution is 2.29. The maximum absolute atomic E-state index is 12.5. The Morgan fingerprint density at radius 2 is 2.10 bits per heavy atom. The van der Waals surface area contributed by atoms with E-state index in [1.54, 1.807) is 37.6 Å². The van der Waals surface area contributed by atoms with E-state index in [9.17, 15) is 13.2 Å². The van der Waals surface area contributed by atoms with Gasteiger partial charge in [-0.05, 0) is 36.9 Å². The summed E-state index contributed by atoms with van der Waals surface area (Å²) in [6, 6.07) is 3.24. The lowest BCUT2D eigenvalue weighted by Gasteiger charge is -2.10. The zero-order valence-electron chi connectivity index (χ0n) is 11.7. The number of thiophene rings is 1. The number of anilines is 1. The van der Waals surface area contributed by atoms with Crippen LogP contribution in [0, 0.1) is 13.8 Å². The second-order valence-electron chi connectivity index (χ2n) is 4.31. The molecule has 0 bridgehead atoms. The first kappa shape index (κ1) is 15.5. The Hall–Kier alpha value is -1.93. The number of methoxy groups -OCH3 is 1. The van der Waals surface area contributed by atoms with Crippen molar-refractivity contribution in [3.8, 4) is 0 Å².